The lowest BCUT2D eigenvalue weighted by Crippen LogP contribution is -2.19. The van der Waals surface area contributed by atoms with Crippen LogP contribution in [0.15, 0.2) is 85.5 Å². The van der Waals surface area contributed by atoms with Crippen molar-refractivity contribution in [2.75, 3.05) is 16.0 Å². The van der Waals surface area contributed by atoms with Gasteiger partial charge in [-0.1, -0.05) is 18.2 Å². The maximum Gasteiger partial charge on any atom is 0.323 e. The molecule has 3 N–H and O–H groups in total. The van der Waals surface area contributed by atoms with Gasteiger partial charge in [-0.25, -0.2) is 19.4 Å². The Hall–Kier alpha value is -4.20. The Morgan fingerprint density at radius 2 is 1.54 bits per heavy atom. The summed E-state index contributed by atoms with van der Waals surface area (Å²) in [5.74, 6) is 1.31. The zero-order valence-electron chi connectivity index (χ0n) is 14.8. The van der Waals surface area contributed by atoms with Crippen molar-refractivity contribution in [2.24, 2.45) is 0 Å². The fraction of sp³-hybridized carbons (Fsp3) is 0. The standard InChI is InChI=1S/C20H17N7O/c28-20(25-15-5-2-1-3-6-15)26-17-9-7-16(8-10-17)24-18-13-19(22-14-21-18)27-12-4-11-23-27/h1-14H,(H,21,22,24)(H2,25,26,28). The third-order valence-electron chi connectivity index (χ3n) is 3.84. The number of hydrogen-bond donors (Lipinski definition) is 3. The number of hydrogen-bond acceptors (Lipinski definition) is 5. The number of carbonyl (C=O) groups excluding carboxylic acids is 1. The fourth-order valence-electron chi connectivity index (χ4n) is 2.54. The van der Waals surface area contributed by atoms with E-state index in [2.05, 4.69) is 31.0 Å². The molecule has 4 rings (SSSR count). The molecule has 2 heterocycles. The number of carbonyl (C=O) groups is 1. The fourth-order valence-corrected chi connectivity index (χ4v) is 2.54. The molecule has 0 radical (unpaired) electrons. The third kappa shape index (κ3) is 4.31. The van der Waals surface area contributed by atoms with Crippen molar-refractivity contribution >= 4 is 28.9 Å². The largest absolute Gasteiger partial charge is 0.340 e. The molecule has 0 saturated heterocycles. The van der Waals surface area contributed by atoms with E-state index >= 15 is 0 Å². The molecule has 0 saturated carbocycles. The number of urea groups is 1. The summed E-state index contributed by atoms with van der Waals surface area (Å²) in [5.41, 5.74) is 2.24. The van der Waals surface area contributed by atoms with E-state index in [0.717, 1.165) is 11.4 Å². The Labute approximate surface area is 161 Å². The Bertz CT molecular complexity index is 1050. The van der Waals surface area contributed by atoms with Crippen LogP contribution in [0.1, 0.15) is 0 Å². The molecule has 0 aliphatic carbocycles. The zero-order valence-corrected chi connectivity index (χ0v) is 14.8. The second-order valence-electron chi connectivity index (χ2n) is 5.86. The smallest absolute Gasteiger partial charge is 0.323 e. The van der Waals surface area contributed by atoms with Crippen LogP contribution in [0, 0.1) is 0 Å². The van der Waals surface area contributed by atoms with Crippen LogP contribution in [0.5, 0.6) is 0 Å². The van der Waals surface area contributed by atoms with Crippen LogP contribution in [0.2, 0.25) is 0 Å². The number of benzene rings is 2. The molecule has 0 unspecified atom stereocenters. The van der Waals surface area contributed by atoms with Crippen molar-refractivity contribution in [3.05, 3.63) is 85.5 Å². The van der Waals surface area contributed by atoms with Crippen molar-refractivity contribution in [3.8, 4) is 5.82 Å². The van der Waals surface area contributed by atoms with E-state index in [9.17, 15) is 4.79 Å². The van der Waals surface area contributed by atoms with E-state index in [1.54, 1.807) is 16.9 Å². The van der Waals surface area contributed by atoms with Crippen LogP contribution in [-0.2, 0) is 0 Å². The van der Waals surface area contributed by atoms with Crippen LogP contribution < -0.4 is 16.0 Å². The lowest BCUT2D eigenvalue weighted by Gasteiger charge is -2.10. The third-order valence-corrected chi connectivity index (χ3v) is 3.84. The molecule has 2 aromatic heterocycles. The van der Waals surface area contributed by atoms with Gasteiger partial charge in [0.25, 0.3) is 0 Å². The number of aromatic nitrogens is 4. The number of anilines is 4. The van der Waals surface area contributed by atoms with Crippen LogP contribution in [0.3, 0.4) is 0 Å². The monoisotopic (exact) mass is 371 g/mol. The molecule has 0 atom stereocenters. The number of para-hydroxylation sites is 1. The first-order valence-corrected chi connectivity index (χ1v) is 8.58. The maximum atomic E-state index is 12.0. The molecule has 0 spiro atoms. The molecule has 2 amide bonds. The number of nitrogens with zero attached hydrogens (tertiary/aromatic N) is 4. The van der Waals surface area contributed by atoms with Gasteiger partial charge in [0.1, 0.15) is 12.1 Å². The van der Waals surface area contributed by atoms with Gasteiger partial charge in [-0.05, 0) is 42.5 Å². The summed E-state index contributed by atoms with van der Waals surface area (Å²) in [7, 11) is 0. The van der Waals surface area contributed by atoms with Crippen molar-refractivity contribution in [3.63, 3.8) is 0 Å². The van der Waals surface area contributed by atoms with Gasteiger partial charge in [0.15, 0.2) is 5.82 Å². The quantitative estimate of drug-likeness (QED) is 0.492. The highest BCUT2D eigenvalue weighted by molar-refractivity contribution is 5.99. The molecular formula is C20H17N7O. The van der Waals surface area contributed by atoms with Crippen molar-refractivity contribution in [1.29, 1.82) is 0 Å². The molecule has 28 heavy (non-hydrogen) atoms. The lowest BCUT2D eigenvalue weighted by atomic mass is 10.2. The number of rotatable bonds is 5. The molecule has 0 aliphatic rings. The van der Waals surface area contributed by atoms with Crippen molar-refractivity contribution < 1.29 is 4.79 Å². The molecule has 0 fully saturated rings. The van der Waals surface area contributed by atoms with Gasteiger partial charge < -0.3 is 16.0 Å². The van der Waals surface area contributed by atoms with Crippen molar-refractivity contribution in [2.45, 2.75) is 0 Å². The predicted molar refractivity (Wildman–Crippen MR) is 108 cm³/mol. The first-order valence-electron chi connectivity index (χ1n) is 8.58. The van der Waals surface area contributed by atoms with Gasteiger partial charge in [0, 0.05) is 35.5 Å². The number of nitrogens with one attached hydrogen (secondary N) is 3. The molecule has 2 aromatic carbocycles. The molecule has 138 valence electrons. The van der Waals surface area contributed by atoms with Crippen LogP contribution >= 0.6 is 0 Å². The molecule has 8 heteroatoms. The molecule has 8 nitrogen and oxygen atoms in total. The summed E-state index contributed by atoms with van der Waals surface area (Å²) in [6.45, 7) is 0. The van der Waals surface area contributed by atoms with Crippen molar-refractivity contribution in [1.82, 2.24) is 19.7 Å². The summed E-state index contributed by atoms with van der Waals surface area (Å²) >= 11 is 0. The van der Waals surface area contributed by atoms with Gasteiger partial charge in [0.05, 0.1) is 0 Å². The van der Waals surface area contributed by atoms with Gasteiger partial charge in [-0.15, -0.1) is 0 Å². The zero-order chi connectivity index (χ0) is 19.2. The molecular weight excluding hydrogens is 354 g/mol. The average Bonchev–Trinajstić information content (AvgIpc) is 3.25. The van der Waals surface area contributed by atoms with Crippen LogP contribution in [-0.4, -0.2) is 25.8 Å². The van der Waals surface area contributed by atoms with Gasteiger partial charge in [-0.3, -0.25) is 0 Å². The second-order valence-corrected chi connectivity index (χ2v) is 5.86. The van der Waals surface area contributed by atoms with Gasteiger partial charge in [-0.2, -0.15) is 5.10 Å². The van der Waals surface area contributed by atoms with E-state index in [4.69, 9.17) is 0 Å². The number of amides is 2. The minimum atomic E-state index is -0.299. The van der Waals surface area contributed by atoms with Crippen LogP contribution in [0.25, 0.3) is 5.82 Å². The normalized spacial score (nSPS) is 10.3. The van der Waals surface area contributed by atoms with E-state index in [0.29, 0.717) is 17.3 Å². The Balaban J connectivity index is 1.38. The maximum absolute atomic E-state index is 12.0. The summed E-state index contributed by atoms with van der Waals surface area (Å²) in [5, 5.41) is 12.9. The van der Waals surface area contributed by atoms with Gasteiger partial charge >= 0.3 is 6.03 Å². The van der Waals surface area contributed by atoms with E-state index in [1.807, 2.05) is 66.9 Å². The second kappa shape index (κ2) is 8.00. The topological polar surface area (TPSA) is 96.8 Å². The first-order chi connectivity index (χ1) is 13.8. The summed E-state index contributed by atoms with van der Waals surface area (Å²) in [6, 6.07) is 19.9. The SMILES string of the molecule is O=C(Nc1ccccc1)Nc1ccc(Nc2cc(-n3cccn3)ncn2)cc1. The summed E-state index contributed by atoms with van der Waals surface area (Å²) in [6.07, 6.45) is 4.98. The molecule has 4 aromatic rings. The predicted octanol–water partition coefficient (Wildman–Crippen LogP) is 4.05. The first kappa shape index (κ1) is 17.2. The summed E-state index contributed by atoms with van der Waals surface area (Å²) < 4.78 is 1.66. The lowest BCUT2D eigenvalue weighted by molar-refractivity contribution is 0.262. The minimum Gasteiger partial charge on any atom is -0.340 e. The Kier molecular flexibility index (Phi) is 4.92. The van der Waals surface area contributed by atoms with E-state index < -0.39 is 0 Å². The minimum absolute atomic E-state index is 0.299. The highest BCUT2D eigenvalue weighted by atomic mass is 16.2. The summed E-state index contributed by atoms with van der Waals surface area (Å²) in [4.78, 5) is 20.5. The Morgan fingerprint density at radius 3 is 2.25 bits per heavy atom. The van der Waals surface area contributed by atoms with E-state index in [-0.39, 0.29) is 6.03 Å². The molecule has 0 aliphatic heterocycles. The van der Waals surface area contributed by atoms with Crippen LogP contribution in [0.4, 0.5) is 27.7 Å². The van der Waals surface area contributed by atoms with E-state index in [1.165, 1.54) is 6.33 Å². The highest BCUT2D eigenvalue weighted by Crippen LogP contribution is 2.18. The molecule has 0 bridgehead atoms. The highest BCUT2D eigenvalue weighted by Gasteiger charge is 2.04. The van der Waals surface area contributed by atoms with Gasteiger partial charge in [0.2, 0.25) is 0 Å². The Morgan fingerprint density at radius 1 is 0.821 bits per heavy atom. The average molecular weight is 371 g/mol.